The highest BCUT2D eigenvalue weighted by molar-refractivity contribution is 5.85. The van der Waals surface area contributed by atoms with Crippen LogP contribution in [0, 0.1) is 5.92 Å². The molecule has 3 aliphatic heterocycles. The molecule has 1 N–H and O–H groups in total. The molecule has 0 aromatic heterocycles. The van der Waals surface area contributed by atoms with Crippen LogP contribution >= 0.6 is 12.4 Å². The van der Waals surface area contributed by atoms with Gasteiger partial charge in [0.25, 0.3) is 0 Å². The third-order valence-electron chi connectivity index (χ3n) is 7.90. The highest BCUT2D eigenvalue weighted by Gasteiger charge is 2.64. The molecule has 0 saturated carbocycles. The average Bonchev–Trinajstić information content (AvgIpc) is 3.09. The molecule has 1 aromatic rings. The summed E-state index contributed by atoms with van der Waals surface area (Å²) in [6.45, 7) is 6.13. The van der Waals surface area contributed by atoms with E-state index in [0.29, 0.717) is 18.6 Å². The van der Waals surface area contributed by atoms with Gasteiger partial charge in [-0.3, -0.25) is 4.90 Å². The summed E-state index contributed by atoms with van der Waals surface area (Å²) in [5.74, 6) is 2.13. The number of aliphatic hydroxyl groups is 1. The Morgan fingerprint density at radius 3 is 2.87 bits per heavy atom. The fourth-order valence-corrected chi connectivity index (χ4v) is 6.45. The monoisotopic (exact) mass is 434 g/mol. The highest BCUT2D eigenvalue weighted by atomic mass is 35.5. The van der Waals surface area contributed by atoms with E-state index in [1.165, 1.54) is 11.1 Å². The molecule has 0 radical (unpaired) electrons. The van der Waals surface area contributed by atoms with Crippen molar-refractivity contribution in [1.82, 2.24) is 9.80 Å². The lowest BCUT2D eigenvalue weighted by atomic mass is 9.53. The molecular weight excluding hydrogens is 404 g/mol. The van der Waals surface area contributed by atoms with Crippen LogP contribution in [0.15, 0.2) is 24.3 Å². The van der Waals surface area contributed by atoms with Gasteiger partial charge in [0.05, 0.1) is 13.2 Å². The lowest BCUT2D eigenvalue weighted by Gasteiger charge is -2.56. The number of piperidine rings is 1. The standard InChI is InChI=1S/C23H30N2O4.ClH/c1-24-7-6-23-16-3-4-18(26)22(23)29-21-19(5-2-15(20(21)23)14-17(16)24)28-13-10-25-8-11-27-12-9-25;/h2-5,16-18,22,26H,6-14H2,1H3;1H/t16-,17+,18-,22-,23-;/m0./s1. The van der Waals surface area contributed by atoms with Crippen LogP contribution in [-0.4, -0.2) is 86.2 Å². The van der Waals surface area contributed by atoms with Gasteiger partial charge in [-0.25, -0.2) is 0 Å². The summed E-state index contributed by atoms with van der Waals surface area (Å²) in [6.07, 6.45) is 5.51. The van der Waals surface area contributed by atoms with Crippen LogP contribution < -0.4 is 9.47 Å². The minimum Gasteiger partial charge on any atom is -0.488 e. The Balaban J connectivity index is 0.00000193. The van der Waals surface area contributed by atoms with E-state index in [4.69, 9.17) is 14.2 Å². The second kappa shape index (κ2) is 7.68. The SMILES string of the molecule is CN1CC[C@]23c4c5ccc(OCCN6CCOCC6)c4O[C@H]2[C@@H](O)C=C[C@H]3[C@H]1C5.Cl. The topological polar surface area (TPSA) is 54.4 Å². The van der Waals surface area contributed by atoms with E-state index >= 15 is 0 Å². The quantitative estimate of drug-likeness (QED) is 0.727. The van der Waals surface area contributed by atoms with E-state index < -0.39 is 6.10 Å². The number of benzene rings is 1. The van der Waals surface area contributed by atoms with Crippen molar-refractivity contribution in [1.29, 1.82) is 0 Å². The Morgan fingerprint density at radius 1 is 1.20 bits per heavy atom. The zero-order valence-corrected chi connectivity index (χ0v) is 18.3. The van der Waals surface area contributed by atoms with Gasteiger partial charge in [0.2, 0.25) is 0 Å². The molecule has 0 amide bonds. The minimum atomic E-state index is -0.560. The van der Waals surface area contributed by atoms with Crippen molar-refractivity contribution in [3.63, 3.8) is 0 Å². The molecule has 1 spiro atoms. The van der Waals surface area contributed by atoms with Gasteiger partial charge in [0.15, 0.2) is 11.5 Å². The van der Waals surface area contributed by atoms with Crippen molar-refractivity contribution in [3.05, 3.63) is 35.4 Å². The number of hydrogen-bond donors (Lipinski definition) is 1. The first-order chi connectivity index (χ1) is 14.2. The molecule has 6 rings (SSSR count). The molecule has 0 unspecified atom stereocenters. The van der Waals surface area contributed by atoms with E-state index in [9.17, 15) is 5.11 Å². The van der Waals surface area contributed by atoms with Gasteiger partial charge in [-0.05, 0) is 38.1 Å². The van der Waals surface area contributed by atoms with Crippen LogP contribution in [0.2, 0.25) is 0 Å². The summed E-state index contributed by atoms with van der Waals surface area (Å²) < 4.78 is 18.2. The van der Waals surface area contributed by atoms with Crippen molar-refractivity contribution in [2.45, 2.75) is 36.5 Å². The number of halogens is 1. The van der Waals surface area contributed by atoms with Gasteiger partial charge in [-0.1, -0.05) is 18.2 Å². The van der Waals surface area contributed by atoms with Crippen molar-refractivity contribution >= 4 is 12.4 Å². The van der Waals surface area contributed by atoms with E-state index in [2.05, 4.69) is 35.1 Å². The molecule has 2 saturated heterocycles. The molecule has 1 aromatic carbocycles. The predicted octanol–water partition coefficient (Wildman–Crippen LogP) is 1.63. The molecule has 5 aliphatic rings. The zero-order chi connectivity index (χ0) is 19.6. The van der Waals surface area contributed by atoms with Gasteiger partial charge in [-0.15, -0.1) is 12.4 Å². The summed E-state index contributed by atoms with van der Waals surface area (Å²) in [5, 5.41) is 10.8. The summed E-state index contributed by atoms with van der Waals surface area (Å²) in [6, 6.07) is 4.80. The number of nitrogens with zero attached hydrogens (tertiary/aromatic N) is 2. The minimum absolute atomic E-state index is 0. The Hall–Kier alpha value is -1.31. The van der Waals surface area contributed by atoms with Crippen molar-refractivity contribution in [2.24, 2.45) is 5.92 Å². The molecule has 6 nitrogen and oxygen atoms in total. The molecular formula is C23H31ClN2O4. The third kappa shape index (κ3) is 2.84. The van der Waals surface area contributed by atoms with Gasteiger partial charge in [-0.2, -0.15) is 0 Å². The maximum Gasteiger partial charge on any atom is 0.165 e. The molecule has 164 valence electrons. The first-order valence-corrected chi connectivity index (χ1v) is 11.0. The lowest BCUT2D eigenvalue weighted by Crippen LogP contribution is -2.64. The van der Waals surface area contributed by atoms with Gasteiger partial charge in [0, 0.05) is 42.6 Å². The molecule has 2 aliphatic carbocycles. The number of hydrogen-bond acceptors (Lipinski definition) is 6. The number of rotatable bonds is 4. The molecule has 2 fully saturated rings. The van der Waals surface area contributed by atoms with Gasteiger partial charge < -0.3 is 24.2 Å². The Labute approximate surface area is 184 Å². The fraction of sp³-hybridized carbons (Fsp3) is 0.652. The van der Waals surface area contributed by atoms with Gasteiger partial charge in [0.1, 0.15) is 18.8 Å². The van der Waals surface area contributed by atoms with Crippen LogP contribution in [0.4, 0.5) is 0 Å². The molecule has 7 heteroatoms. The van der Waals surface area contributed by atoms with Crippen molar-refractivity contribution in [2.75, 3.05) is 53.0 Å². The second-order valence-electron chi connectivity index (χ2n) is 9.21. The van der Waals surface area contributed by atoms with Crippen LogP contribution in [0.3, 0.4) is 0 Å². The Bertz CT molecular complexity index is 843. The summed E-state index contributed by atoms with van der Waals surface area (Å²) in [7, 11) is 2.23. The Kier molecular flexibility index (Phi) is 5.27. The van der Waals surface area contributed by atoms with E-state index in [1.54, 1.807) is 0 Å². The highest BCUT2D eigenvalue weighted by Crippen LogP contribution is 2.62. The molecule has 30 heavy (non-hydrogen) atoms. The zero-order valence-electron chi connectivity index (χ0n) is 17.5. The normalized spacial score (nSPS) is 36.6. The van der Waals surface area contributed by atoms with E-state index in [-0.39, 0.29) is 23.9 Å². The molecule has 2 bridgehead atoms. The third-order valence-corrected chi connectivity index (χ3v) is 7.90. The number of ether oxygens (including phenoxy) is 3. The number of morpholine rings is 1. The predicted molar refractivity (Wildman–Crippen MR) is 116 cm³/mol. The van der Waals surface area contributed by atoms with E-state index in [1.807, 2.05) is 6.08 Å². The maximum atomic E-state index is 10.8. The molecule has 3 heterocycles. The van der Waals surface area contributed by atoms with Crippen LogP contribution in [0.5, 0.6) is 11.5 Å². The van der Waals surface area contributed by atoms with Crippen LogP contribution in [-0.2, 0) is 16.6 Å². The lowest BCUT2D eigenvalue weighted by molar-refractivity contribution is -0.0454. The van der Waals surface area contributed by atoms with Crippen molar-refractivity contribution in [3.8, 4) is 11.5 Å². The second-order valence-corrected chi connectivity index (χ2v) is 9.21. The van der Waals surface area contributed by atoms with Crippen LogP contribution in [0.1, 0.15) is 17.5 Å². The summed E-state index contributed by atoms with van der Waals surface area (Å²) in [4.78, 5) is 4.87. The summed E-state index contributed by atoms with van der Waals surface area (Å²) >= 11 is 0. The number of likely N-dealkylation sites (tertiary alicyclic amines) is 1. The van der Waals surface area contributed by atoms with Crippen molar-refractivity contribution < 1.29 is 19.3 Å². The molecule has 5 atom stereocenters. The van der Waals surface area contributed by atoms with E-state index in [0.717, 1.165) is 63.7 Å². The smallest absolute Gasteiger partial charge is 0.165 e. The fourth-order valence-electron chi connectivity index (χ4n) is 6.45. The van der Waals surface area contributed by atoms with Gasteiger partial charge >= 0.3 is 0 Å². The first-order valence-electron chi connectivity index (χ1n) is 11.0. The average molecular weight is 435 g/mol. The largest absolute Gasteiger partial charge is 0.488 e. The maximum absolute atomic E-state index is 10.8. The number of likely N-dealkylation sites (N-methyl/N-ethyl adjacent to an activating group) is 1. The number of aliphatic hydroxyl groups excluding tert-OH is 1. The first kappa shape index (κ1) is 20.6. The van der Waals surface area contributed by atoms with Crippen LogP contribution in [0.25, 0.3) is 0 Å². The summed E-state index contributed by atoms with van der Waals surface area (Å²) in [5.41, 5.74) is 2.58. The Morgan fingerprint density at radius 2 is 2.03 bits per heavy atom.